The van der Waals surface area contributed by atoms with E-state index in [2.05, 4.69) is 10.00 Å². The van der Waals surface area contributed by atoms with Gasteiger partial charge in [0.2, 0.25) is 0 Å². The number of hydrogen-bond donors (Lipinski definition) is 0. The van der Waals surface area contributed by atoms with Crippen LogP contribution in [0.3, 0.4) is 0 Å². The average molecular weight is 181 g/mol. The summed E-state index contributed by atoms with van der Waals surface area (Å²) in [5.41, 5.74) is 0. The van der Waals surface area contributed by atoms with Crippen molar-refractivity contribution < 1.29 is 4.74 Å². The fourth-order valence-corrected chi connectivity index (χ4v) is 1.65. The average Bonchev–Trinajstić information content (AvgIpc) is 2.43. The van der Waals surface area contributed by atoms with Crippen LogP contribution in [0.5, 0.6) is 0 Å². The minimum absolute atomic E-state index is 0.825. The van der Waals surface area contributed by atoms with Crippen molar-refractivity contribution in [2.24, 2.45) is 7.05 Å². The number of aryl methyl sites for hydroxylation is 1. The Bertz CT molecular complexity index is 264. The van der Waals surface area contributed by atoms with Crippen LogP contribution in [0.1, 0.15) is 6.42 Å². The largest absolute Gasteiger partial charge is 0.380 e. The second-order valence-corrected chi connectivity index (χ2v) is 3.27. The third-order valence-corrected chi connectivity index (χ3v) is 2.34. The van der Waals surface area contributed by atoms with Crippen molar-refractivity contribution in [3.8, 4) is 0 Å². The molecule has 4 heteroatoms. The summed E-state index contributed by atoms with van der Waals surface area (Å²) in [7, 11) is 1.97. The zero-order valence-corrected chi connectivity index (χ0v) is 7.94. The van der Waals surface area contributed by atoms with Crippen molar-refractivity contribution in [2.75, 3.05) is 31.2 Å². The molecule has 13 heavy (non-hydrogen) atoms. The van der Waals surface area contributed by atoms with Crippen LogP contribution < -0.4 is 4.90 Å². The van der Waals surface area contributed by atoms with Gasteiger partial charge in [0.15, 0.2) is 0 Å². The molecule has 0 aliphatic carbocycles. The van der Waals surface area contributed by atoms with Crippen LogP contribution >= 0.6 is 0 Å². The van der Waals surface area contributed by atoms with Gasteiger partial charge in [-0.3, -0.25) is 4.68 Å². The third-order valence-electron chi connectivity index (χ3n) is 2.34. The first-order valence-corrected chi connectivity index (χ1v) is 4.68. The minimum atomic E-state index is 0.825. The molecule has 1 aliphatic rings. The molecule has 0 amide bonds. The molecule has 0 atom stereocenters. The van der Waals surface area contributed by atoms with Crippen molar-refractivity contribution in [1.82, 2.24) is 9.78 Å². The predicted octanol–water partition coefficient (Wildman–Crippen LogP) is 0.647. The van der Waals surface area contributed by atoms with Crippen LogP contribution in [0.2, 0.25) is 0 Å². The lowest BCUT2D eigenvalue weighted by Crippen LogP contribution is -2.27. The smallest absolute Gasteiger partial charge is 0.126 e. The summed E-state index contributed by atoms with van der Waals surface area (Å²) in [6.07, 6.45) is 2.94. The Morgan fingerprint density at radius 2 is 2.31 bits per heavy atom. The molecule has 4 nitrogen and oxygen atoms in total. The van der Waals surface area contributed by atoms with Crippen molar-refractivity contribution >= 4 is 5.82 Å². The van der Waals surface area contributed by atoms with E-state index in [9.17, 15) is 0 Å². The van der Waals surface area contributed by atoms with Crippen molar-refractivity contribution in [1.29, 1.82) is 0 Å². The molecule has 72 valence electrons. The zero-order chi connectivity index (χ0) is 9.10. The summed E-state index contributed by atoms with van der Waals surface area (Å²) in [5.74, 6) is 1.19. The monoisotopic (exact) mass is 181 g/mol. The lowest BCUT2D eigenvalue weighted by molar-refractivity contribution is 0.152. The molecule has 1 aromatic heterocycles. The first kappa shape index (κ1) is 8.56. The molecule has 0 bridgehead atoms. The molecule has 0 saturated carbocycles. The van der Waals surface area contributed by atoms with Crippen LogP contribution in [-0.2, 0) is 11.8 Å². The SMILES string of the molecule is Cn1nccc1N1CCCOCC1. The van der Waals surface area contributed by atoms with E-state index in [4.69, 9.17) is 4.74 Å². The van der Waals surface area contributed by atoms with Gasteiger partial charge in [0, 0.05) is 32.8 Å². The van der Waals surface area contributed by atoms with Crippen molar-refractivity contribution in [3.05, 3.63) is 12.3 Å². The predicted molar refractivity (Wildman–Crippen MR) is 50.9 cm³/mol. The van der Waals surface area contributed by atoms with Gasteiger partial charge in [-0.05, 0) is 6.42 Å². The van der Waals surface area contributed by atoms with Gasteiger partial charge >= 0.3 is 0 Å². The lowest BCUT2D eigenvalue weighted by atomic mass is 10.4. The Labute approximate surface area is 78.1 Å². The standard InChI is InChI=1S/C9H15N3O/c1-11-9(3-4-10-11)12-5-2-7-13-8-6-12/h3-4H,2,5-8H2,1H3. The maximum Gasteiger partial charge on any atom is 0.126 e. The van der Waals surface area contributed by atoms with Crippen LogP contribution in [0.4, 0.5) is 5.82 Å². The van der Waals surface area contributed by atoms with E-state index in [0.717, 1.165) is 32.7 Å². The van der Waals surface area contributed by atoms with Crippen LogP contribution in [0.15, 0.2) is 12.3 Å². The summed E-state index contributed by atoms with van der Waals surface area (Å²) >= 11 is 0. The Morgan fingerprint density at radius 3 is 3.08 bits per heavy atom. The fourth-order valence-electron chi connectivity index (χ4n) is 1.65. The van der Waals surface area contributed by atoms with E-state index in [1.54, 1.807) is 0 Å². The molecule has 0 spiro atoms. The normalized spacial score (nSPS) is 18.7. The van der Waals surface area contributed by atoms with Gasteiger partial charge in [-0.15, -0.1) is 0 Å². The molecule has 0 radical (unpaired) electrons. The quantitative estimate of drug-likeness (QED) is 0.637. The minimum Gasteiger partial charge on any atom is -0.380 e. The van der Waals surface area contributed by atoms with Gasteiger partial charge in [-0.1, -0.05) is 0 Å². The molecular weight excluding hydrogens is 166 g/mol. The van der Waals surface area contributed by atoms with Crippen LogP contribution in [0, 0.1) is 0 Å². The molecule has 1 fully saturated rings. The lowest BCUT2D eigenvalue weighted by Gasteiger charge is -2.21. The number of aromatic nitrogens is 2. The highest BCUT2D eigenvalue weighted by atomic mass is 16.5. The molecule has 1 aromatic rings. The van der Waals surface area contributed by atoms with E-state index in [1.807, 2.05) is 24.0 Å². The second kappa shape index (κ2) is 3.79. The number of ether oxygens (including phenoxy) is 1. The molecule has 1 aliphatic heterocycles. The molecule has 0 aromatic carbocycles. The summed E-state index contributed by atoms with van der Waals surface area (Å²) in [6.45, 7) is 3.75. The van der Waals surface area contributed by atoms with Gasteiger partial charge in [0.1, 0.15) is 5.82 Å². The Balaban J connectivity index is 2.10. The van der Waals surface area contributed by atoms with E-state index in [1.165, 1.54) is 5.82 Å². The zero-order valence-electron chi connectivity index (χ0n) is 7.94. The molecule has 0 N–H and O–H groups in total. The summed E-state index contributed by atoms with van der Waals surface area (Å²) in [4.78, 5) is 2.32. The van der Waals surface area contributed by atoms with Gasteiger partial charge < -0.3 is 9.64 Å². The number of hydrogen-bond acceptors (Lipinski definition) is 3. The Morgan fingerprint density at radius 1 is 1.38 bits per heavy atom. The second-order valence-electron chi connectivity index (χ2n) is 3.27. The highest BCUT2D eigenvalue weighted by Gasteiger charge is 2.11. The van der Waals surface area contributed by atoms with E-state index >= 15 is 0 Å². The molecule has 1 saturated heterocycles. The number of rotatable bonds is 1. The number of anilines is 1. The van der Waals surface area contributed by atoms with Gasteiger partial charge in [-0.2, -0.15) is 5.10 Å². The van der Waals surface area contributed by atoms with E-state index in [-0.39, 0.29) is 0 Å². The molecule has 0 unspecified atom stereocenters. The Hall–Kier alpha value is -1.03. The van der Waals surface area contributed by atoms with E-state index < -0.39 is 0 Å². The number of nitrogens with zero attached hydrogens (tertiary/aromatic N) is 3. The fraction of sp³-hybridized carbons (Fsp3) is 0.667. The molecule has 2 rings (SSSR count). The highest BCUT2D eigenvalue weighted by Crippen LogP contribution is 2.13. The summed E-state index contributed by atoms with van der Waals surface area (Å²) in [5, 5.41) is 4.16. The topological polar surface area (TPSA) is 30.3 Å². The maximum atomic E-state index is 5.39. The van der Waals surface area contributed by atoms with E-state index in [0.29, 0.717) is 0 Å². The van der Waals surface area contributed by atoms with Gasteiger partial charge in [-0.25, -0.2) is 0 Å². The van der Waals surface area contributed by atoms with Crippen LogP contribution in [-0.4, -0.2) is 36.1 Å². The summed E-state index contributed by atoms with van der Waals surface area (Å²) < 4.78 is 7.30. The summed E-state index contributed by atoms with van der Waals surface area (Å²) in [6, 6.07) is 2.05. The maximum absolute atomic E-state index is 5.39. The van der Waals surface area contributed by atoms with Gasteiger partial charge in [0.25, 0.3) is 0 Å². The Kier molecular flexibility index (Phi) is 2.49. The molecular formula is C9H15N3O. The third kappa shape index (κ3) is 1.83. The molecule has 2 heterocycles. The van der Waals surface area contributed by atoms with Gasteiger partial charge in [0.05, 0.1) is 12.8 Å². The van der Waals surface area contributed by atoms with Crippen molar-refractivity contribution in [3.63, 3.8) is 0 Å². The first-order chi connectivity index (χ1) is 6.38. The first-order valence-electron chi connectivity index (χ1n) is 4.68. The highest BCUT2D eigenvalue weighted by molar-refractivity contribution is 5.37. The van der Waals surface area contributed by atoms with Crippen LogP contribution in [0.25, 0.3) is 0 Å². The van der Waals surface area contributed by atoms with Crippen molar-refractivity contribution in [2.45, 2.75) is 6.42 Å².